The van der Waals surface area contributed by atoms with Gasteiger partial charge in [-0.3, -0.25) is 0 Å². The van der Waals surface area contributed by atoms with Gasteiger partial charge in [-0.2, -0.15) is 0 Å². The third-order valence-electron chi connectivity index (χ3n) is 3.81. The summed E-state index contributed by atoms with van der Waals surface area (Å²) in [6, 6.07) is 0. The van der Waals surface area contributed by atoms with Crippen LogP contribution in [0, 0.1) is 5.92 Å². The summed E-state index contributed by atoms with van der Waals surface area (Å²) < 4.78 is 5.21. The Morgan fingerprint density at radius 1 is 1.43 bits per heavy atom. The van der Waals surface area contributed by atoms with Crippen LogP contribution in [0.15, 0.2) is 0 Å². The molecule has 0 radical (unpaired) electrons. The van der Waals surface area contributed by atoms with Gasteiger partial charge in [0.25, 0.3) is 0 Å². The first-order valence-electron chi connectivity index (χ1n) is 7.31. The zero-order chi connectivity index (χ0) is 15.6. The molecule has 1 aromatic rings. The summed E-state index contributed by atoms with van der Waals surface area (Å²) in [5.74, 6) is -0.273. The van der Waals surface area contributed by atoms with Crippen molar-refractivity contribution < 1.29 is 14.6 Å². The summed E-state index contributed by atoms with van der Waals surface area (Å²) in [6.07, 6.45) is 2.14. The Balaban J connectivity index is 2.17. The predicted octanol–water partition coefficient (Wildman–Crippen LogP) is 3.00. The molecule has 1 aliphatic heterocycles. The average molecular weight is 312 g/mol. The Morgan fingerprint density at radius 3 is 2.48 bits per heavy atom. The van der Waals surface area contributed by atoms with Crippen molar-refractivity contribution in [1.82, 2.24) is 4.98 Å². The first kappa shape index (κ1) is 16.2. The summed E-state index contributed by atoms with van der Waals surface area (Å²) in [7, 11) is 1.74. The highest BCUT2D eigenvalue weighted by atomic mass is 32.1. The van der Waals surface area contributed by atoms with E-state index in [1.54, 1.807) is 7.11 Å². The van der Waals surface area contributed by atoms with Crippen molar-refractivity contribution in [3.8, 4) is 0 Å². The van der Waals surface area contributed by atoms with Gasteiger partial charge in [0.2, 0.25) is 0 Å². The number of carbonyl (C=O) groups is 1. The fourth-order valence-electron chi connectivity index (χ4n) is 2.62. The van der Waals surface area contributed by atoms with Crippen LogP contribution >= 0.6 is 11.3 Å². The number of hydrogen-bond acceptors (Lipinski definition) is 5. The number of anilines is 1. The molecule has 0 atom stereocenters. The van der Waals surface area contributed by atoms with Crippen LogP contribution in [0.2, 0.25) is 0 Å². The normalized spacial score (nSPS) is 17.2. The summed E-state index contributed by atoms with van der Waals surface area (Å²) >= 11 is 1.30. The number of methoxy groups -OCH3 is 1. The van der Waals surface area contributed by atoms with Crippen LogP contribution in [-0.4, -0.2) is 42.9 Å². The van der Waals surface area contributed by atoms with E-state index < -0.39 is 5.97 Å². The van der Waals surface area contributed by atoms with E-state index in [9.17, 15) is 9.90 Å². The molecule has 0 amide bonds. The molecule has 2 rings (SSSR count). The number of ether oxygens (including phenoxy) is 1. The van der Waals surface area contributed by atoms with Crippen molar-refractivity contribution in [1.29, 1.82) is 0 Å². The lowest BCUT2D eigenvalue weighted by atomic mass is 9.91. The lowest BCUT2D eigenvalue weighted by Gasteiger charge is -2.31. The minimum absolute atomic E-state index is 0.253. The first-order chi connectivity index (χ1) is 9.82. The molecule has 1 saturated heterocycles. The second-order valence-electron chi connectivity index (χ2n) is 6.62. The maximum absolute atomic E-state index is 11.4. The van der Waals surface area contributed by atoms with E-state index in [1.807, 2.05) is 20.8 Å². The fraction of sp³-hybridized carbons (Fsp3) is 0.733. The molecule has 0 aliphatic carbocycles. The van der Waals surface area contributed by atoms with Gasteiger partial charge in [-0.25, -0.2) is 9.78 Å². The Hall–Kier alpha value is -1.14. The van der Waals surface area contributed by atoms with Crippen molar-refractivity contribution >= 4 is 22.4 Å². The molecule has 118 valence electrons. The Bertz CT molecular complexity index is 500. The van der Waals surface area contributed by atoms with E-state index in [-0.39, 0.29) is 5.41 Å². The quantitative estimate of drug-likeness (QED) is 0.926. The van der Waals surface area contributed by atoms with Crippen molar-refractivity contribution in [2.45, 2.75) is 39.0 Å². The highest BCUT2D eigenvalue weighted by molar-refractivity contribution is 7.17. The maximum Gasteiger partial charge on any atom is 0.347 e. The molecule has 5 nitrogen and oxygen atoms in total. The van der Waals surface area contributed by atoms with Gasteiger partial charge in [-0.15, -0.1) is 0 Å². The number of thiazole rings is 1. The van der Waals surface area contributed by atoms with Gasteiger partial charge >= 0.3 is 5.97 Å². The number of hydrogen-bond donors (Lipinski definition) is 1. The molecule has 1 fully saturated rings. The Labute approximate surface area is 129 Å². The van der Waals surface area contributed by atoms with Gasteiger partial charge in [0.1, 0.15) is 4.88 Å². The molecule has 0 unspecified atom stereocenters. The van der Waals surface area contributed by atoms with Gasteiger partial charge in [-0.1, -0.05) is 32.1 Å². The summed E-state index contributed by atoms with van der Waals surface area (Å²) in [5, 5.41) is 10.2. The third-order valence-corrected chi connectivity index (χ3v) is 4.91. The molecule has 21 heavy (non-hydrogen) atoms. The molecule has 1 aliphatic rings. The van der Waals surface area contributed by atoms with Crippen LogP contribution in [-0.2, 0) is 10.2 Å². The second kappa shape index (κ2) is 6.32. The number of carboxylic acid groups (broad SMARTS) is 1. The molecule has 0 spiro atoms. The molecule has 0 saturated carbocycles. The number of aromatic nitrogens is 1. The van der Waals surface area contributed by atoms with E-state index in [1.165, 1.54) is 11.3 Å². The Kier molecular flexibility index (Phi) is 4.88. The zero-order valence-electron chi connectivity index (χ0n) is 13.2. The number of aromatic carboxylic acids is 1. The smallest absolute Gasteiger partial charge is 0.347 e. The van der Waals surface area contributed by atoms with Crippen LogP contribution in [0.3, 0.4) is 0 Å². The monoisotopic (exact) mass is 312 g/mol. The van der Waals surface area contributed by atoms with Crippen LogP contribution in [0.4, 0.5) is 5.13 Å². The van der Waals surface area contributed by atoms with E-state index in [0.717, 1.165) is 37.7 Å². The molecular formula is C15H24N2O3S. The molecule has 1 aromatic heterocycles. The number of rotatable bonds is 4. The van der Waals surface area contributed by atoms with Gasteiger partial charge in [0.05, 0.1) is 5.69 Å². The minimum atomic E-state index is -0.877. The summed E-state index contributed by atoms with van der Waals surface area (Å²) in [6.45, 7) is 8.66. The minimum Gasteiger partial charge on any atom is -0.477 e. The van der Waals surface area contributed by atoms with Crippen LogP contribution < -0.4 is 4.90 Å². The van der Waals surface area contributed by atoms with Crippen LogP contribution in [0.25, 0.3) is 0 Å². The topological polar surface area (TPSA) is 62.7 Å². The van der Waals surface area contributed by atoms with E-state index in [2.05, 4.69) is 9.88 Å². The SMILES string of the molecule is COCC1CCN(c2nc(C(C)(C)C)c(C(=O)O)s2)CC1. The molecule has 0 bridgehead atoms. The lowest BCUT2D eigenvalue weighted by Crippen LogP contribution is -2.35. The standard InChI is InChI=1S/C15H24N2O3S/c1-15(2,3)12-11(13(18)19)21-14(16-12)17-7-5-10(6-8-17)9-20-4/h10H,5-9H2,1-4H3,(H,18,19). The first-order valence-corrected chi connectivity index (χ1v) is 8.13. The van der Waals surface area contributed by atoms with Gasteiger partial charge in [0.15, 0.2) is 5.13 Å². The number of nitrogens with zero attached hydrogens (tertiary/aromatic N) is 2. The Morgan fingerprint density at radius 2 is 2.05 bits per heavy atom. The zero-order valence-corrected chi connectivity index (χ0v) is 14.0. The second-order valence-corrected chi connectivity index (χ2v) is 7.59. The van der Waals surface area contributed by atoms with Gasteiger partial charge in [0, 0.05) is 32.2 Å². The molecule has 6 heteroatoms. The summed E-state index contributed by atoms with van der Waals surface area (Å²) in [5.41, 5.74) is 0.436. The highest BCUT2D eigenvalue weighted by Gasteiger charge is 2.29. The maximum atomic E-state index is 11.4. The van der Waals surface area contributed by atoms with Crippen LogP contribution in [0.1, 0.15) is 49.0 Å². The third kappa shape index (κ3) is 3.74. The van der Waals surface area contributed by atoms with E-state index in [0.29, 0.717) is 16.5 Å². The number of carboxylic acids is 1. The van der Waals surface area contributed by atoms with E-state index >= 15 is 0 Å². The van der Waals surface area contributed by atoms with Crippen molar-refractivity contribution in [2.24, 2.45) is 5.92 Å². The van der Waals surface area contributed by atoms with E-state index in [4.69, 9.17) is 4.74 Å². The lowest BCUT2D eigenvalue weighted by molar-refractivity contribution is 0.0699. The molecule has 0 aromatic carbocycles. The van der Waals surface area contributed by atoms with Gasteiger partial charge in [-0.05, 0) is 18.8 Å². The highest BCUT2D eigenvalue weighted by Crippen LogP contribution is 2.35. The largest absolute Gasteiger partial charge is 0.477 e. The number of piperidine rings is 1. The van der Waals surface area contributed by atoms with Gasteiger partial charge < -0.3 is 14.7 Å². The molecule has 2 heterocycles. The summed E-state index contributed by atoms with van der Waals surface area (Å²) in [4.78, 5) is 18.6. The average Bonchev–Trinajstić information content (AvgIpc) is 2.85. The predicted molar refractivity (Wildman–Crippen MR) is 84.6 cm³/mol. The fourth-order valence-corrected chi connectivity index (χ4v) is 3.79. The van der Waals surface area contributed by atoms with Crippen LogP contribution in [0.5, 0.6) is 0 Å². The van der Waals surface area contributed by atoms with Crippen molar-refractivity contribution in [3.63, 3.8) is 0 Å². The molecule has 1 N–H and O–H groups in total. The molecular weight excluding hydrogens is 288 g/mol. The van der Waals surface area contributed by atoms with Crippen molar-refractivity contribution in [2.75, 3.05) is 31.7 Å². The van der Waals surface area contributed by atoms with Crippen molar-refractivity contribution in [3.05, 3.63) is 10.6 Å².